The summed E-state index contributed by atoms with van der Waals surface area (Å²) in [6.45, 7) is 0. The molecule has 0 aliphatic rings. The molecule has 3 nitrogen and oxygen atoms in total. The summed E-state index contributed by atoms with van der Waals surface area (Å²) >= 11 is 1.17. The minimum atomic E-state index is -0.703. The van der Waals surface area contributed by atoms with E-state index < -0.39 is 11.6 Å². The first-order chi connectivity index (χ1) is 7.15. The quantitative estimate of drug-likeness (QED) is 0.347. The molecular weight excluding hydrogens is 220 g/mol. The Balaban J connectivity index is 3.01. The number of hydrogen-bond acceptors (Lipinski definition) is 3. The van der Waals surface area contributed by atoms with E-state index in [0.29, 0.717) is 0 Å². The first-order valence-corrected chi connectivity index (χ1v) is 5.12. The van der Waals surface area contributed by atoms with Crippen molar-refractivity contribution in [2.75, 3.05) is 6.26 Å². The van der Waals surface area contributed by atoms with Gasteiger partial charge in [0.15, 0.2) is 11.4 Å². The van der Waals surface area contributed by atoms with E-state index in [1.54, 1.807) is 12.4 Å². The van der Waals surface area contributed by atoms with E-state index in [2.05, 4.69) is 10.3 Å². The molecule has 0 aliphatic heterocycles. The van der Waals surface area contributed by atoms with E-state index in [9.17, 15) is 8.78 Å². The molecule has 0 spiro atoms. The maximum Gasteiger partial charge on any atom is 0.183 e. The minimum absolute atomic E-state index is 0.125. The first-order valence-electron chi connectivity index (χ1n) is 3.89. The van der Waals surface area contributed by atoms with Crippen LogP contribution in [0.5, 0.6) is 0 Å². The summed E-state index contributed by atoms with van der Waals surface area (Å²) in [5.41, 5.74) is 0.125. The second kappa shape index (κ2) is 5.32. The zero-order valence-corrected chi connectivity index (χ0v) is 8.61. The van der Waals surface area contributed by atoms with Gasteiger partial charge in [-0.1, -0.05) is 11.8 Å². The number of nitriles is 1. The molecule has 1 aromatic rings. The van der Waals surface area contributed by atoms with Crippen LogP contribution in [0.4, 0.5) is 14.5 Å². The third-order valence-corrected chi connectivity index (χ3v) is 2.01. The average Bonchev–Trinajstić information content (AvgIpc) is 2.15. The lowest BCUT2D eigenvalue weighted by atomic mass is 10.3. The molecule has 0 atom stereocenters. The maximum atomic E-state index is 12.8. The van der Waals surface area contributed by atoms with Crippen LogP contribution in [0, 0.1) is 23.1 Å². The molecule has 0 bridgehead atoms. The predicted molar refractivity (Wildman–Crippen MR) is 55.7 cm³/mol. The normalized spacial score (nSPS) is 10.9. The van der Waals surface area contributed by atoms with Gasteiger partial charge >= 0.3 is 0 Å². The first kappa shape index (κ1) is 11.5. The Hall–Kier alpha value is -1.61. The van der Waals surface area contributed by atoms with E-state index in [1.807, 2.05) is 0 Å². The fraction of sp³-hybridized carbons (Fsp3) is 0.111. The van der Waals surface area contributed by atoms with Crippen LogP contribution in [-0.4, -0.2) is 11.4 Å². The van der Waals surface area contributed by atoms with Gasteiger partial charge in [0, 0.05) is 6.07 Å². The minimum Gasteiger partial charge on any atom is -0.271 e. The van der Waals surface area contributed by atoms with Gasteiger partial charge in [0.1, 0.15) is 11.6 Å². The monoisotopic (exact) mass is 227 g/mol. The highest BCUT2D eigenvalue weighted by molar-refractivity contribution is 8.13. The highest BCUT2D eigenvalue weighted by atomic mass is 32.2. The smallest absolute Gasteiger partial charge is 0.183 e. The lowest BCUT2D eigenvalue weighted by Gasteiger charge is -2.00. The third kappa shape index (κ3) is 3.56. The van der Waals surface area contributed by atoms with Crippen molar-refractivity contribution in [3.8, 4) is 6.19 Å². The van der Waals surface area contributed by atoms with Crippen molar-refractivity contribution in [1.29, 1.82) is 5.26 Å². The molecule has 0 heterocycles. The van der Waals surface area contributed by atoms with E-state index in [4.69, 9.17) is 5.26 Å². The fourth-order valence-corrected chi connectivity index (χ4v) is 1.24. The van der Waals surface area contributed by atoms with Crippen molar-refractivity contribution in [1.82, 2.24) is 5.32 Å². The van der Waals surface area contributed by atoms with Crippen LogP contribution in [0.15, 0.2) is 23.2 Å². The summed E-state index contributed by atoms with van der Waals surface area (Å²) in [4.78, 5) is 3.85. The number of thioether (sulfide) groups is 1. The molecular formula is C9H7F2N3S. The fourth-order valence-electron chi connectivity index (χ4n) is 0.894. The maximum absolute atomic E-state index is 12.8. The van der Waals surface area contributed by atoms with Crippen LogP contribution < -0.4 is 5.32 Å². The van der Waals surface area contributed by atoms with Crippen molar-refractivity contribution in [3.63, 3.8) is 0 Å². The van der Waals surface area contributed by atoms with Gasteiger partial charge < -0.3 is 0 Å². The Kier molecular flexibility index (Phi) is 4.06. The predicted octanol–water partition coefficient (Wildman–Crippen LogP) is 2.39. The van der Waals surface area contributed by atoms with Gasteiger partial charge in [-0.15, -0.1) is 0 Å². The van der Waals surface area contributed by atoms with Gasteiger partial charge in [-0.05, 0) is 18.4 Å². The number of halogens is 2. The molecule has 0 saturated heterocycles. The Labute approximate surface area is 89.8 Å². The largest absolute Gasteiger partial charge is 0.271 e. The summed E-state index contributed by atoms with van der Waals surface area (Å²) in [5, 5.41) is 10.9. The Morgan fingerprint density at radius 3 is 2.47 bits per heavy atom. The van der Waals surface area contributed by atoms with Crippen LogP contribution >= 0.6 is 11.8 Å². The molecule has 15 heavy (non-hydrogen) atoms. The standard InChI is InChI=1S/C9H7F2N3S/c1-15-9(13-5-12)14-8-3-6(10)2-7(11)4-8/h2-4H,1H3,(H,13,14). The molecule has 78 valence electrons. The summed E-state index contributed by atoms with van der Waals surface area (Å²) in [5.74, 6) is -1.41. The number of hydrogen-bond donors (Lipinski definition) is 1. The highest BCUT2D eigenvalue weighted by Gasteiger charge is 2.01. The number of rotatable bonds is 1. The molecule has 1 aromatic carbocycles. The van der Waals surface area contributed by atoms with Gasteiger partial charge in [0.25, 0.3) is 0 Å². The van der Waals surface area contributed by atoms with E-state index >= 15 is 0 Å². The molecule has 0 aromatic heterocycles. The Morgan fingerprint density at radius 2 is 2.00 bits per heavy atom. The lowest BCUT2D eigenvalue weighted by Crippen LogP contribution is -2.12. The van der Waals surface area contributed by atoms with Crippen molar-refractivity contribution < 1.29 is 8.78 Å². The second-order valence-corrected chi connectivity index (χ2v) is 3.28. The molecule has 1 N–H and O–H groups in total. The molecule has 0 radical (unpaired) electrons. The van der Waals surface area contributed by atoms with Crippen LogP contribution in [0.2, 0.25) is 0 Å². The molecule has 6 heteroatoms. The topological polar surface area (TPSA) is 48.2 Å². The van der Waals surface area contributed by atoms with Gasteiger partial charge in [-0.3, -0.25) is 5.32 Å². The number of benzene rings is 1. The van der Waals surface area contributed by atoms with E-state index in [0.717, 1.165) is 18.2 Å². The van der Waals surface area contributed by atoms with Crippen LogP contribution in [0.25, 0.3) is 0 Å². The molecule has 0 saturated carbocycles. The van der Waals surface area contributed by atoms with Gasteiger partial charge in [-0.2, -0.15) is 5.26 Å². The van der Waals surface area contributed by atoms with E-state index in [1.165, 1.54) is 11.8 Å². The molecule has 1 rings (SSSR count). The summed E-state index contributed by atoms with van der Waals surface area (Å²) in [6, 6.07) is 2.92. The van der Waals surface area contributed by atoms with E-state index in [-0.39, 0.29) is 10.9 Å². The van der Waals surface area contributed by atoms with Crippen molar-refractivity contribution in [3.05, 3.63) is 29.8 Å². The lowest BCUT2D eigenvalue weighted by molar-refractivity contribution is 0.584. The Morgan fingerprint density at radius 1 is 1.40 bits per heavy atom. The van der Waals surface area contributed by atoms with Gasteiger partial charge in [0.05, 0.1) is 5.69 Å². The van der Waals surface area contributed by atoms with Crippen LogP contribution in [0.3, 0.4) is 0 Å². The molecule has 0 fully saturated rings. The molecule has 0 unspecified atom stereocenters. The van der Waals surface area contributed by atoms with Gasteiger partial charge in [0.2, 0.25) is 0 Å². The van der Waals surface area contributed by atoms with Crippen LogP contribution in [0.1, 0.15) is 0 Å². The van der Waals surface area contributed by atoms with Gasteiger partial charge in [-0.25, -0.2) is 13.8 Å². The number of nitrogens with zero attached hydrogens (tertiary/aromatic N) is 2. The average molecular weight is 227 g/mol. The molecule has 0 amide bonds. The second-order valence-electron chi connectivity index (χ2n) is 2.49. The number of nitrogens with one attached hydrogen (secondary N) is 1. The zero-order valence-electron chi connectivity index (χ0n) is 7.79. The van der Waals surface area contributed by atoms with Crippen LogP contribution in [-0.2, 0) is 0 Å². The zero-order chi connectivity index (χ0) is 11.3. The summed E-state index contributed by atoms with van der Waals surface area (Å²) < 4.78 is 25.5. The van der Waals surface area contributed by atoms with Crippen molar-refractivity contribution in [2.24, 2.45) is 4.99 Å². The highest BCUT2D eigenvalue weighted by Crippen LogP contribution is 2.17. The van der Waals surface area contributed by atoms with Crippen molar-refractivity contribution in [2.45, 2.75) is 0 Å². The summed E-state index contributed by atoms with van der Waals surface area (Å²) in [7, 11) is 0. The van der Waals surface area contributed by atoms with Crippen molar-refractivity contribution >= 4 is 22.6 Å². The number of amidine groups is 1. The third-order valence-electron chi connectivity index (χ3n) is 1.43. The SMILES string of the molecule is CSC(=Nc1cc(F)cc(F)c1)NC#N. The molecule has 0 aliphatic carbocycles. The number of aliphatic imine (C=N–C) groups is 1. The summed E-state index contributed by atoms with van der Waals surface area (Å²) in [6.07, 6.45) is 3.37. The Bertz CT molecular complexity index is 406.